The van der Waals surface area contributed by atoms with E-state index in [4.69, 9.17) is 11.6 Å². The van der Waals surface area contributed by atoms with Gasteiger partial charge in [-0.1, -0.05) is 11.6 Å². The van der Waals surface area contributed by atoms with Crippen molar-refractivity contribution in [3.05, 3.63) is 57.5 Å². The molecule has 31 heavy (non-hydrogen) atoms. The summed E-state index contributed by atoms with van der Waals surface area (Å²) < 4.78 is 16.9. The molecule has 160 valence electrons. The summed E-state index contributed by atoms with van der Waals surface area (Å²) >= 11 is 5.93. The van der Waals surface area contributed by atoms with Gasteiger partial charge in [-0.15, -0.1) is 0 Å². The fourth-order valence-corrected chi connectivity index (χ4v) is 4.21. The number of benzene rings is 1. The lowest BCUT2D eigenvalue weighted by Gasteiger charge is -2.36. The summed E-state index contributed by atoms with van der Waals surface area (Å²) in [7, 11) is 0. The maximum Gasteiger partial charge on any atom is 0.341 e. The van der Waals surface area contributed by atoms with Crippen molar-refractivity contribution in [1.82, 2.24) is 14.5 Å². The number of nitrogens with zero attached hydrogens (tertiary/aromatic N) is 5. The molecule has 0 atom stereocenters. The predicted molar refractivity (Wildman–Crippen MR) is 115 cm³/mol. The molecule has 1 aromatic carbocycles. The van der Waals surface area contributed by atoms with Crippen molar-refractivity contribution in [2.24, 2.45) is 0 Å². The van der Waals surface area contributed by atoms with Gasteiger partial charge in [0.1, 0.15) is 22.4 Å². The van der Waals surface area contributed by atoms with Crippen LogP contribution in [0.15, 0.2) is 35.5 Å². The minimum atomic E-state index is -1.30. The summed E-state index contributed by atoms with van der Waals surface area (Å²) in [6.07, 6.45) is 6.32. The van der Waals surface area contributed by atoms with Gasteiger partial charge in [-0.05, 0) is 25.0 Å². The zero-order valence-electron chi connectivity index (χ0n) is 16.5. The van der Waals surface area contributed by atoms with Crippen LogP contribution in [0.4, 0.5) is 15.9 Å². The Kier molecular flexibility index (Phi) is 4.77. The van der Waals surface area contributed by atoms with Crippen LogP contribution in [-0.2, 0) is 0 Å². The molecule has 5 rings (SSSR count). The summed E-state index contributed by atoms with van der Waals surface area (Å²) in [5.41, 5.74) is -0.0183. The topological polar surface area (TPSA) is 91.6 Å². The van der Waals surface area contributed by atoms with E-state index in [9.17, 15) is 14.7 Å². The van der Waals surface area contributed by atoms with E-state index in [0.29, 0.717) is 48.4 Å². The number of aromatic carboxylic acids is 1. The van der Waals surface area contributed by atoms with Gasteiger partial charge in [-0.25, -0.2) is 14.2 Å². The highest BCUT2D eigenvalue weighted by Crippen LogP contribution is 2.38. The molecule has 0 bridgehead atoms. The second-order valence-electron chi connectivity index (χ2n) is 7.81. The van der Waals surface area contributed by atoms with Gasteiger partial charge < -0.3 is 19.5 Å². The van der Waals surface area contributed by atoms with Crippen LogP contribution in [0.3, 0.4) is 0 Å². The number of fused-ring (bicyclic) bond motifs is 1. The van der Waals surface area contributed by atoms with E-state index in [1.807, 2.05) is 9.80 Å². The first-order valence-corrected chi connectivity index (χ1v) is 10.4. The fourth-order valence-electron chi connectivity index (χ4n) is 4.07. The van der Waals surface area contributed by atoms with Gasteiger partial charge in [-0.2, -0.15) is 0 Å². The van der Waals surface area contributed by atoms with E-state index < -0.39 is 17.2 Å². The minimum Gasteiger partial charge on any atom is -0.477 e. The lowest BCUT2D eigenvalue weighted by Crippen LogP contribution is -2.47. The number of rotatable bonds is 4. The Labute approximate surface area is 181 Å². The van der Waals surface area contributed by atoms with Gasteiger partial charge in [-0.3, -0.25) is 9.78 Å². The molecule has 0 amide bonds. The van der Waals surface area contributed by atoms with E-state index >= 15 is 4.39 Å². The SMILES string of the molecule is O=C(O)c1cn(C2CC2)c2cc(N3CCN(c4cncc(Cl)n4)CC3)c(F)cc2c1=O. The summed E-state index contributed by atoms with van der Waals surface area (Å²) in [6, 6.07) is 2.98. The molecule has 10 heteroatoms. The average Bonchev–Trinajstić information content (AvgIpc) is 3.59. The summed E-state index contributed by atoms with van der Waals surface area (Å²) in [6.45, 7) is 2.33. The van der Waals surface area contributed by atoms with Crippen LogP contribution in [-0.4, -0.2) is 51.8 Å². The van der Waals surface area contributed by atoms with Crippen LogP contribution < -0.4 is 15.2 Å². The Morgan fingerprint density at radius 1 is 1.13 bits per heavy atom. The molecule has 1 aliphatic carbocycles. The highest BCUT2D eigenvalue weighted by atomic mass is 35.5. The molecule has 2 aromatic heterocycles. The maximum absolute atomic E-state index is 15.0. The molecule has 3 heterocycles. The Balaban J connectivity index is 1.49. The maximum atomic E-state index is 15.0. The predicted octanol–water partition coefficient (Wildman–Crippen LogP) is 2.94. The van der Waals surface area contributed by atoms with Gasteiger partial charge in [0.05, 0.1) is 23.6 Å². The minimum absolute atomic E-state index is 0.0980. The Bertz CT molecular complexity index is 1250. The van der Waals surface area contributed by atoms with Crippen LogP contribution >= 0.6 is 11.6 Å². The van der Waals surface area contributed by atoms with Gasteiger partial charge in [0, 0.05) is 43.8 Å². The van der Waals surface area contributed by atoms with Crippen molar-refractivity contribution < 1.29 is 14.3 Å². The highest BCUT2D eigenvalue weighted by Gasteiger charge is 2.28. The normalized spacial score (nSPS) is 16.7. The molecule has 0 unspecified atom stereocenters. The first kappa shape index (κ1) is 19.7. The third kappa shape index (κ3) is 3.59. The summed E-state index contributed by atoms with van der Waals surface area (Å²) in [4.78, 5) is 36.4. The van der Waals surface area contributed by atoms with Crippen LogP contribution in [0.2, 0.25) is 5.15 Å². The number of carboxylic acid groups (broad SMARTS) is 1. The molecular formula is C21H19ClFN5O3. The first-order valence-electron chi connectivity index (χ1n) is 10.0. The van der Waals surface area contributed by atoms with E-state index in [-0.39, 0.29) is 17.0 Å². The number of hydrogen-bond donors (Lipinski definition) is 1. The zero-order chi connectivity index (χ0) is 21.7. The third-order valence-corrected chi connectivity index (χ3v) is 5.99. The number of aromatic nitrogens is 3. The molecule has 0 radical (unpaired) electrons. The standard InChI is InChI=1S/C21H19ClFN5O3/c22-18-9-24-10-19(25-18)27-5-3-26(4-6-27)17-8-16-13(7-15(17)23)20(29)14(21(30)31)11-28(16)12-1-2-12/h7-12H,1-6H2,(H,30,31). The Morgan fingerprint density at radius 2 is 1.84 bits per heavy atom. The lowest BCUT2D eigenvalue weighted by molar-refractivity contribution is 0.0695. The summed E-state index contributed by atoms with van der Waals surface area (Å²) in [5, 5.41) is 9.79. The van der Waals surface area contributed by atoms with Gasteiger partial charge in [0.25, 0.3) is 0 Å². The van der Waals surface area contributed by atoms with Gasteiger partial charge in [0.2, 0.25) is 5.43 Å². The number of piperazine rings is 1. The molecule has 1 saturated heterocycles. The van der Waals surface area contributed by atoms with Gasteiger partial charge in [0.15, 0.2) is 0 Å². The smallest absolute Gasteiger partial charge is 0.341 e. The third-order valence-electron chi connectivity index (χ3n) is 5.81. The van der Waals surface area contributed by atoms with E-state index in [1.54, 1.807) is 16.8 Å². The second kappa shape index (κ2) is 7.49. The van der Waals surface area contributed by atoms with Crippen LogP contribution in [0.1, 0.15) is 29.2 Å². The van der Waals surface area contributed by atoms with Crippen LogP contribution in [0.5, 0.6) is 0 Å². The molecule has 1 N–H and O–H groups in total. The largest absolute Gasteiger partial charge is 0.477 e. The number of hydrogen-bond acceptors (Lipinski definition) is 6. The van der Waals surface area contributed by atoms with Crippen molar-refractivity contribution >= 4 is 40.0 Å². The Hall–Kier alpha value is -3.20. The van der Waals surface area contributed by atoms with E-state index in [1.165, 1.54) is 18.5 Å². The first-order chi connectivity index (χ1) is 14.9. The molecular weight excluding hydrogens is 425 g/mol. The number of anilines is 2. The van der Waals surface area contributed by atoms with E-state index in [0.717, 1.165) is 12.8 Å². The van der Waals surface area contributed by atoms with Crippen molar-refractivity contribution in [2.75, 3.05) is 36.0 Å². The monoisotopic (exact) mass is 443 g/mol. The number of carbonyl (C=O) groups is 1. The van der Waals surface area contributed by atoms with Crippen molar-refractivity contribution in [2.45, 2.75) is 18.9 Å². The van der Waals surface area contributed by atoms with Crippen molar-refractivity contribution in [1.29, 1.82) is 0 Å². The molecule has 1 aliphatic heterocycles. The lowest BCUT2D eigenvalue weighted by atomic mass is 10.1. The molecule has 0 spiro atoms. The van der Waals surface area contributed by atoms with Gasteiger partial charge >= 0.3 is 5.97 Å². The average molecular weight is 444 g/mol. The molecule has 3 aromatic rings. The van der Waals surface area contributed by atoms with Crippen LogP contribution in [0.25, 0.3) is 10.9 Å². The van der Waals surface area contributed by atoms with Crippen molar-refractivity contribution in [3.63, 3.8) is 0 Å². The van der Waals surface area contributed by atoms with Crippen LogP contribution in [0, 0.1) is 5.82 Å². The summed E-state index contributed by atoms with van der Waals surface area (Å²) in [5.74, 6) is -1.16. The highest BCUT2D eigenvalue weighted by molar-refractivity contribution is 6.29. The Morgan fingerprint density at radius 3 is 2.48 bits per heavy atom. The number of halogens is 2. The molecule has 2 aliphatic rings. The second-order valence-corrected chi connectivity index (χ2v) is 8.20. The molecule has 8 nitrogen and oxygen atoms in total. The molecule has 1 saturated carbocycles. The number of pyridine rings is 1. The number of carboxylic acids is 1. The quantitative estimate of drug-likeness (QED) is 0.662. The molecule has 2 fully saturated rings. The van der Waals surface area contributed by atoms with Crippen molar-refractivity contribution in [3.8, 4) is 0 Å². The van der Waals surface area contributed by atoms with E-state index in [2.05, 4.69) is 9.97 Å². The fraction of sp³-hybridized carbons (Fsp3) is 0.333. The zero-order valence-corrected chi connectivity index (χ0v) is 17.2.